The molecule has 1 aliphatic heterocycles. The summed E-state index contributed by atoms with van der Waals surface area (Å²) in [5.41, 5.74) is 9.29. The van der Waals surface area contributed by atoms with Crippen molar-refractivity contribution < 1.29 is 9.15 Å². The van der Waals surface area contributed by atoms with E-state index >= 15 is 0 Å². The van der Waals surface area contributed by atoms with Gasteiger partial charge < -0.3 is 20.2 Å². The predicted molar refractivity (Wildman–Crippen MR) is 160 cm³/mol. The Labute approximate surface area is 237 Å². The molecule has 0 aliphatic carbocycles. The lowest BCUT2D eigenvalue weighted by atomic mass is 9.79. The lowest BCUT2D eigenvalue weighted by molar-refractivity contribution is 0.296. The number of hydrogen-bond donors (Lipinski definition) is 2. The van der Waals surface area contributed by atoms with Gasteiger partial charge in [0.05, 0.1) is 24.1 Å². The van der Waals surface area contributed by atoms with Gasteiger partial charge in [0.2, 0.25) is 0 Å². The molecule has 0 saturated heterocycles. The molecule has 210 valence electrons. The Kier molecular flexibility index (Phi) is 6.18. The Hall–Kier alpha value is -4.57. The van der Waals surface area contributed by atoms with Crippen LogP contribution in [0.5, 0.6) is 5.75 Å². The molecular formula is C31H33N7O3. The number of rotatable bonds is 5. The highest BCUT2D eigenvalue weighted by Gasteiger charge is 2.35. The summed E-state index contributed by atoms with van der Waals surface area (Å²) in [6.45, 7) is 10.6. The van der Waals surface area contributed by atoms with E-state index in [9.17, 15) is 4.79 Å². The van der Waals surface area contributed by atoms with Crippen molar-refractivity contribution in [2.24, 2.45) is 0 Å². The summed E-state index contributed by atoms with van der Waals surface area (Å²) in [6.07, 6.45) is 7.69. The molecule has 4 aromatic heterocycles. The smallest absolute Gasteiger partial charge is 0.343 e. The molecule has 3 N–H and O–H groups in total. The molecule has 0 radical (unpaired) electrons. The topological polar surface area (TPSA) is 134 Å². The Morgan fingerprint density at radius 3 is 2.61 bits per heavy atom. The fourth-order valence-corrected chi connectivity index (χ4v) is 6.16. The van der Waals surface area contributed by atoms with Crippen molar-refractivity contribution in [2.45, 2.75) is 58.2 Å². The molecule has 0 saturated carbocycles. The molecule has 5 heterocycles. The number of nitrogen functional groups attached to an aromatic ring is 1. The first kappa shape index (κ1) is 26.6. The minimum absolute atomic E-state index is 0.183. The predicted octanol–water partition coefficient (Wildman–Crippen LogP) is 5.13. The van der Waals surface area contributed by atoms with Crippen LogP contribution in [0.2, 0.25) is 0 Å². The van der Waals surface area contributed by atoms with Crippen LogP contribution in [-0.2, 0) is 0 Å². The van der Waals surface area contributed by atoms with Crippen LogP contribution < -0.4 is 21.4 Å². The highest BCUT2D eigenvalue weighted by molar-refractivity contribution is 5.99. The Morgan fingerprint density at radius 1 is 1.12 bits per heavy atom. The van der Waals surface area contributed by atoms with E-state index < -0.39 is 11.7 Å². The van der Waals surface area contributed by atoms with Crippen LogP contribution in [0.15, 0.2) is 64.3 Å². The fourth-order valence-electron chi connectivity index (χ4n) is 6.16. The number of nitrogens with zero attached hydrogens (tertiary/aromatic N) is 5. The van der Waals surface area contributed by atoms with E-state index in [1.165, 1.54) is 6.33 Å². The first-order valence-corrected chi connectivity index (χ1v) is 13.5. The molecule has 1 unspecified atom stereocenters. The largest absolute Gasteiger partial charge is 0.495 e. The Balaban J connectivity index is 1.63. The van der Waals surface area contributed by atoms with Crippen LogP contribution in [0.25, 0.3) is 38.6 Å². The third-order valence-electron chi connectivity index (χ3n) is 7.50. The summed E-state index contributed by atoms with van der Waals surface area (Å²) < 4.78 is 13.3. The van der Waals surface area contributed by atoms with Gasteiger partial charge >= 0.3 is 5.63 Å². The zero-order valence-corrected chi connectivity index (χ0v) is 24.0. The van der Waals surface area contributed by atoms with Gasteiger partial charge in [0.15, 0.2) is 5.65 Å². The maximum Gasteiger partial charge on any atom is 0.343 e. The van der Waals surface area contributed by atoms with Crippen LogP contribution in [-0.4, -0.2) is 42.9 Å². The van der Waals surface area contributed by atoms with Crippen LogP contribution in [0.3, 0.4) is 0 Å². The first-order chi connectivity index (χ1) is 19.5. The molecule has 6 rings (SSSR count). The summed E-state index contributed by atoms with van der Waals surface area (Å²) in [6, 6.07) is 8.90. The number of anilines is 1. The maximum absolute atomic E-state index is 13.3. The van der Waals surface area contributed by atoms with Crippen molar-refractivity contribution >= 4 is 33.2 Å². The van der Waals surface area contributed by atoms with Crippen LogP contribution in [0.1, 0.15) is 58.4 Å². The monoisotopic (exact) mass is 551 g/mol. The second-order valence-corrected chi connectivity index (χ2v) is 11.8. The van der Waals surface area contributed by atoms with Gasteiger partial charge in [-0.05, 0) is 64.1 Å². The molecule has 1 atom stereocenters. The van der Waals surface area contributed by atoms with E-state index in [-0.39, 0.29) is 16.9 Å². The quantitative estimate of drug-likeness (QED) is 0.305. The molecule has 0 spiro atoms. The van der Waals surface area contributed by atoms with Gasteiger partial charge in [-0.15, -0.1) is 0 Å². The number of aromatic nitrogens is 5. The molecular weight excluding hydrogens is 518 g/mol. The van der Waals surface area contributed by atoms with E-state index in [0.717, 1.165) is 22.9 Å². The normalized spacial score (nSPS) is 17.0. The van der Waals surface area contributed by atoms with Gasteiger partial charge in [0.25, 0.3) is 0 Å². The van der Waals surface area contributed by atoms with Gasteiger partial charge in [0.1, 0.15) is 35.4 Å². The average molecular weight is 552 g/mol. The second-order valence-electron chi connectivity index (χ2n) is 11.8. The van der Waals surface area contributed by atoms with E-state index in [0.29, 0.717) is 39.2 Å². The molecule has 41 heavy (non-hydrogen) atoms. The number of hydrogen-bond acceptors (Lipinski definition) is 9. The standard InChI is InChI=1S/C31H33N7O3/c1-17(38-28-24(27(32)34-16-35-28)25(36-38)18-11-20(40-6)15-33-14-18)26-23(19-12-30(2,3)37-31(4,5)13-19)21-9-7-8-10-22(21)29(39)41-26/h7-12,14-17,37H,13H2,1-6H3,(H2,32,34,35). The van der Waals surface area contributed by atoms with Crippen molar-refractivity contribution in [3.05, 3.63) is 76.9 Å². The minimum Gasteiger partial charge on any atom is -0.495 e. The molecule has 5 aromatic rings. The van der Waals surface area contributed by atoms with Crippen molar-refractivity contribution in [2.75, 3.05) is 12.8 Å². The first-order valence-electron chi connectivity index (χ1n) is 13.5. The van der Waals surface area contributed by atoms with Gasteiger partial charge in [-0.2, -0.15) is 5.10 Å². The Bertz CT molecular complexity index is 1900. The average Bonchev–Trinajstić information content (AvgIpc) is 3.32. The highest BCUT2D eigenvalue weighted by Crippen LogP contribution is 2.41. The van der Waals surface area contributed by atoms with E-state index in [1.807, 2.05) is 37.3 Å². The van der Waals surface area contributed by atoms with E-state index in [4.69, 9.17) is 20.0 Å². The molecule has 1 aliphatic rings. The highest BCUT2D eigenvalue weighted by atomic mass is 16.5. The number of benzene rings is 1. The summed E-state index contributed by atoms with van der Waals surface area (Å²) in [4.78, 5) is 26.4. The van der Waals surface area contributed by atoms with Crippen molar-refractivity contribution in [1.82, 2.24) is 30.0 Å². The summed E-state index contributed by atoms with van der Waals surface area (Å²) >= 11 is 0. The lowest BCUT2D eigenvalue weighted by Gasteiger charge is -2.41. The summed E-state index contributed by atoms with van der Waals surface area (Å²) in [5.74, 6) is 1.38. The van der Waals surface area contributed by atoms with Gasteiger partial charge in [-0.1, -0.05) is 24.3 Å². The zero-order valence-electron chi connectivity index (χ0n) is 24.0. The SMILES string of the molecule is COc1cncc(-c2nn(C(C)c3oc(=O)c4ccccc4c3C3=CC(C)(C)NC(C)(C)C3)c3ncnc(N)c23)c1. The number of nitrogens with two attached hydrogens (primary N) is 1. The van der Waals surface area contributed by atoms with Crippen LogP contribution >= 0.6 is 0 Å². The fraction of sp³-hybridized carbons (Fsp3) is 0.323. The maximum atomic E-state index is 13.3. The third-order valence-corrected chi connectivity index (χ3v) is 7.50. The van der Waals surface area contributed by atoms with E-state index in [2.05, 4.69) is 54.0 Å². The number of pyridine rings is 1. The lowest BCUT2D eigenvalue weighted by Crippen LogP contribution is -2.53. The molecule has 1 aromatic carbocycles. The van der Waals surface area contributed by atoms with Crippen LogP contribution in [0.4, 0.5) is 5.82 Å². The van der Waals surface area contributed by atoms with Gasteiger partial charge in [-0.25, -0.2) is 19.4 Å². The number of methoxy groups -OCH3 is 1. The van der Waals surface area contributed by atoms with Crippen molar-refractivity contribution in [1.29, 1.82) is 0 Å². The van der Waals surface area contributed by atoms with Crippen molar-refractivity contribution in [3.63, 3.8) is 0 Å². The van der Waals surface area contributed by atoms with Gasteiger partial charge in [-0.3, -0.25) is 4.98 Å². The molecule has 0 amide bonds. The molecule has 0 bridgehead atoms. The summed E-state index contributed by atoms with van der Waals surface area (Å²) in [5, 5.41) is 10.6. The van der Waals surface area contributed by atoms with Crippen molar-refractivity contribution in [3.8, 4) is 17.0 Å². The summed E-state index contributed by atoms with van der Waals surface area (Å²) in [7, 11) is 1.58. The molecule has 0 fully saturated rings. The Morgan fingerprint density at radius 2 is 1.88 bits per heavy atom. The number of ether oxygens (including phenoxy) is 1. The second kappa shape index (κ2) is 9.52. The van der Waals surface area contributed by atoms with Gasteiger partial charge in [0, 0.05) is 28.4 Å². The zero-order chi connectivity index (χ0) is 29.1. The van der Waals surface area contributed by atoms with Crippen LogP contribution in [0, 0.1) is 0 Å². The van der Waals surface area contributed by atoms with E-state index in [1.54, 1.807) is 24.2 Å². The third kappa shape index (κ3) is 4.63. The minimum atomic E-state index is -0.520. The molecule has 10 heteroatoms. The number of fused-ring (bicyclic) bond motifs is 2. The molecule has 10 nitrogen and oxygen atoms in total. The number of nitrogens with one attached hydrogen (secondary N) is 1.